The Kier molecular flexibility index (Phi) is 36.5. The van der Waals surface area contributed by atoms with Gasteiger partial charge in [0.25, 0.3) is 0 Å². The molecule has 766 valence electrons. The largest absolute Gasteiger partial charge is 0.494 e. The molecule has 146 heavy (non-hydrogen) atoms. The average molecular weight is 2070 g/mol. The first-order valence-corrected chi connectivity index (χ1v) is 49.4. The van der Waals surface area contributed by atoms with Gasteiger partial charge >= 0.3 is 24.4 Å². The third-order valence-electron chi connectivity index (χ3n) is 24.9. The van der Waals surface area contributed by atoms with Crippen molar-refractivity contribution < 1.29 is 78.0 Å². The van der Waals surface area contributed by atoms with E-state index in [9.17, 15) is 54.3 Å². The molecule has 8 aromatic carbocycles. The molecule has 0 radical (unpaired) electrons. The number of nitrogens with zero attached hydrogens (tertiary/aromatic N) is 15. The molecule has 12 aromatic rings. The van der Waals surface area contributed by atoms with Gasteiger partial charge < -0.3 is 43.3 Å². The maximum absolute atomic E-state index is 14.5. The van der Waals surface area contributed by atoms with Crippen molar-refractivity contribution >= 4 is 63.1 Å². The van der Waals surface area contributed by atoms with Crippen LogP contribution in [-0.4, -0.2) is 171 Å². The van der Waals surface area contributed by atoms with Crippen LogP contribution in [0.15, 0.2) is 170 Å². The number of aromatic amines is 1. The molecule has 34 heteroatoms. The van der Waals surface area contributed by atoms with Gasteiger partial charge in [0.1, 0.15) is 74.5 Å². The number of rotatable bonds is 16. The number of likely N-dealkylation sites (tertiary alicyclic amines) is 4. The number of carbonyl (C=O) groups is 4. The standard InChI is InChI=1S/3C28H30F2N4O2.C17H11F2N3O.C11H20BrNO2/c1-18-6-7-21(15-23(18)29)26-22(20-8-9-25(31-5)24(30)14-20)16-32-34(26)17-19-10-12-33(13-11-19)27(35)36-28(2,3)4;2*1-18-6-7-21(15-23(18)29)26-22(20-8-9-25(31-5)24(30)14-20)17-34(32-26)16-19-10-12-33(13-11-19)27(35)36-28(2,3)4;1-20-15-5-3-10(7-13(15)18)12-9-21-22-17(12)11-4-6-16(23-2)14(19)8-11;1-11(2,3)15-10(14)13-6-4-9(8-12)5-7-13/h6-9,14-16,19H,10-13,17H2,1-4H3;2*6-9,14-15,17,19H,10-13,16H2,1-4H3;3-9H,2H3,(H,21,22);9H,4-8H2,1-3H3. The fraction of sp³-hybridized carbons (Fsp3) is 0.393. The zero-order valence-corrected chi connectivity index (χ0v) is 86.5. The number of piperidine rings is 4. The van der Waals surface area contributed by atoms with E-state index in [1.807, 2.05) is 120 Å². The molecule has 4 fully saturated rings. The lowest BCUT2D eigenvalue weighted by Gasteiger charge is -2.33. The number of methoxy groups -OCH3 is 1. The number of benzene rings is 8. The predicted octanol–water partition coefficient (Wildman–Crippen LogP) is 28.6. The molecule has 1 N–H and O–H groups in total. The van der Waals surface area contributed by atoms with Crippen LogP contribution in [0.1, 0.15) is 151 Å². The minimum atomic E-state index is -0.606. The summed E-state index contributed by atoms with van der Waals surface area (Å²) >= 11 is 3.48. The van der Waals surface area contributed by atoms with Crippen LogP contribution < -0.4 is 4.74 Å². The summed E-state index contributed by atoms with van der Waals surface area (Å²) in [5.74, 6) is -2.23. The molecule has 0 aliphatic carbocycles. The van der Waals surface area contributed by atoms with E-state index in [0.29, 0.717) is 183 Å². The second kappa shape index (κ2) is 48.4. The zero-order valence-electron chi connectivity index (χ0n) is 84.9. The number of H-pyrrole nitrogens is 1. The number of amides is 4. The summed E-state index contributed by atoms with van der Waals surface area (Å²) in [6.07, 6.45) is 12.7. The normalized spacial score (nSPS) is 14.3. The Labute approximate surface area is 855 Å². The Balaban J connectivity index is 0.000000167. The highest BCUT2D eigenvalue weighted by Gasteiger charge is 2.35. The van der Waals surface area contributed by atoms with E-state index in [-0.39, 0.29) is 81.8 Å². The highest BCUT2D eigenvalue weighted by Crippen LogP contribution is 2.42. The smallest absolute Gasteiger partial charge is 0.410 e. The molecule has 4 aliphatic rings. The van der Waals surface area contributed by atoms with Crippen molar-refractivity contribution in [2.75, 3.05) is 64.8 Å². The van der Waals surface area contributed by atoms with Gasteiger partial charge in [0.15, 0.2) is 11.6 Å². The number of alkyl halides is 1. The fourth-order valence-corrected chi connectivity index (χ4v) is 17.6. The molecule has 4 aromatic heterocycles. The van der Waals surface area contributed by atoms with Crippen LogP contribution in [0.25, 0.3) is 109 Å². The maximum atomic E-state index is 14.5. The van der Waals surface area contributed by atoms with Crippen molar-refractivity contribution in [2.24, 2.45) is 23.7 Å². The summed E-state index contributed by atoms with van der Waals surface area (Å²) in [5.41, 5.74) is 9.05. The second-order valence-corrected chi connectivity index (χ2v) is 41.3. The number of hydrogen-bond acceptors (Lipinski definition) is 13. The van der Waals surface area contributed by atoms with Crippen molar-refractivity contribution in [2.45, 2.75) is 197 Å². The molecule has 4 saturated heterocycles. The number of aromatic nitrogens is 8. The summed E-state index contributed by atoms with van der Waals surface area (Å²) in [7, 11) is 1.39. The minimum Gasteiger partial charge on any atom is -0.494 e. The maximum Gasteiger partial charge on any atom is 0.410 e. The van der Waals surface area contributed by atoms with Crippen LogP contribution in [0.4, 0.5) is 77.1 Å². The Bertz CT molecular complexity index is 6560. The summed E-state index contributed by atoms with van der Waals surface area (Å²) in [5, 5.41) is 21.9. The summed E-state index contributed by atoms with van der Waals surface area (Å²) in [6, 6.07) is 37.1. The highest BCUT2D eigenvalue weighted by molar-refractivity contribution is 9.09. The van der Waals surface area contributed by atoms with Crippen LogP contribution in [0.3, 0.4) is 0 Å². The Morgan fingerprint density at radius 1 is 0.370 bits per heavy atom. The first kappa shape index (κ1) is 110. The summed E-state index contributed by atoms with van der Waals surface area (Å²) in [6.45, 7) is 62.7. The topological polar surface area (TPSA) is 227 Å². The van der Waals surface area contributed by atoms with Gasteiger partial charge in [-0.15, -0.1) is 0 Å². The molecular formula is C112H121BrF8N16O9. The van der Waals surface area contributed by atoms with Crippen LogP contribution in [0.2, 0.25) is 0 Å². The van der Waals surface area contributed by atoms with Crippen LogP contribution in [0, 0.1) is 117 Å². The number of nitrogens with one attached hydrogen (secondary N) is 1. The number of aryl methyl sites for hydroxylation is 3. The van der Waals surface area contributed by atoms with Gasteiger partial charge in [0.05, 0.1) is 57.2 Å². The van der Waals surface area contributed by atoms with E-state index in [2.05, 4.69) is 50.6 Å². The molecule has 8 heterocycles. The van der Waals surface area contributed by atoms with Gasteiger partial charge in [-0.3, -0.25) is 19.1 Å². The molecule has 0 unspecified atom stereocenters. The number of carbonyl (C=O) groups excluding carboxylic acids is 4. The first-order valence-electron chi connectivity index (χ1n) is 48.2. The Morgan fingerprint density at radius 3 is 0.979 bits per heavy atom. The second-order valence-electron chi connectivity index (χ2n) is 40.6. The molecule has 25 nitrogen and oxygen atoms in total. The van der Waals surface area contributed by atoms with Crippen molar-refractivity contribution in [1.82, 2.24) is 59.1 Å². The van der Waals surface area contributed by atoms with Gasteiger partial charge in [-0.1, -0.05) is 101 Å². The molecule has 4 amide bonds. The van der Waals surface area contributed by atoms with E-state index >= 15 is 0 Å². The quantitative estimate of drug-likeness (QED) is 0.0411. The van der Waals surface area contributed by atoms with Gasteiger partial charge in [-0.25, -0.2) is 73.7 Å². The lowest BCUT2D eigenvalue weighted by atomic mass is 9.96. The van der Waals surface area contributed by atoms with Gasteiger partial charge in [-0.05, 0) is 279 Å². The molecule has 16 rings (SSSR count). The Morgan fingerprint density at radius 2 is 0.664 bits per heavy atom. The molecule has 0 saturated carbocycles. The Hall–Kier alpha value is -14.6. The molecule has 0 bridgehead atoms. The fourth-order valence-electron chi connectivity index (χ4n) is 17.0. The molecule has 0 atom stereocenters. The third kappa shape index (κ3) is 29.6. The van der Waals surface area contributed by atoms with E-state index in [1.165, 1.54) is 92.2 Å². The molecule has 4 aliphatic heterocycles. The van der Waals surface area contributed by atoms with E-state index in [1.54, 1.807) is 102 Å². The van der Waals surface area contributed by atoms with E-state index in [4.69, 9.17) is 60.2 Å². The molecule has 0 spiro atoms. The van der Waals surface area contributed by atoms with Crippen molar-refractivity contribution in [1.29, 1.82) is 0 Å². The summed E-state index contributed by atoms with van der Waals surface area (Å²) < 4.78 is 146. The lowest BCUT2D eigenvalue weighted by molar-refractivity contribution is 0.0166. The van der Waals surface area contributed by atoms with E-state index < -0.39 is 45.9 Å². The minimum absolute atomic E-state index is 0.0470. The monoisotopic (exact) mass is 2060 g/mol. The SMILES string of the molecule is CC(C)(C)OC(=O)N1CCC(CBr)CC1.[C-]#[N+]c1ccc(-c2cn(CC3CCN(C(=O)OC(C)(C)C)CC3)nc2-c2ccc(C)c(F)c2)cc1F.[C-]#[N+]c1ccc(-c2cn(CC3CCN(C(=O)OC(C)(C)C)CC3)nc2-c2ccc(C)c(F)c2)cc1F.[C-]#[N+]c1ccc(-c2cn[nH]c2-c2ccc(OC)c(F)c2)cc1F.[C-]#[N+]c1ccc(-c2cnn(CC3CCN(C(=O)OC(C)(C)C)CC3)c2-c2ccc(C)c(F)c2)cc1F. The zero-order chi connectivity index (χ0) is 106. The van der Waals surface area contributed by atoms with Gasteiger partial charge in [-0.2, -0.15) is 20.4 Å². The average Bonchev–Trinajstić information content (AvgIpc) is 1.63. The number of ether oxygens (including phenoxy) is 5. The van der Waals surface area contributed by atoms with Gasteiger partial charge in [0.2, 0.25) is 22.7 Å². The first-order chi connectivity index (χ1) is 69.2. The van der Waals surface area contributed by atoms with Crippen molar-refractivity contribution in [3.05, 3.63) is 279 Å². The van der Waals surface area contributed by atoms with Crippen LogP contribution in [0.5, 0.6) is 5.75 Å². The van der Waals surface area contributed by atoms with Gasteiger partial charge in [0, 0.05) is 134 Å². The number of hydrogen-bond donors (Lipinski definition) is 1. The lowest BCUT2D eigenvalue weighted by Crippen LogP contribution is -2.42. The third-order valence-corrected chi connectivity index (χ3v) is 25.8. The van der Waals surface area contributed by atoms with E-state index in [0.717, 1.165) is 69.8 Å². The van der Waals surface area contributed by atoms with Crippen molar-refractivity contribution in [3.8, 4) is 95.3 Å². The summed E-state index contributed by atoms with van der Waals surface area (Å²) in [4.78, 5) is 68.5. The number of halogens is 9. The highest BCUT2D eigenvalue weighted by atomic mass is 79.9. The van der Waals surface area contributed by atoms with Crippen LogP contribution >= 0.6 is 15.9 Å². The van der Waals surface area contributed by atoms with Crippen molar-refractivity contribution in [3.63, 3.8) is 0 Å². The molecular weight excluding hydrogens is 1950 g/mol. The van der Waals surface area contributed by atoms with Crippen LogP contribution in [-0.2, 0) is 38.6 Å². The predicted molar refractivity (Wildman–Crippen MR) is 550 cm³/mol.